The first kappa shape index (κ1) is 27.3. The summed E-state index contributed by atoms with van der Waals surface area (Å²) >= 11 is 0. The second-order valence-electron chi connectivity index (χ2n) is 7.39. The van der Waals surface area contributed by atoms with Crippen LogP contribution >= 0.6 is 0 Å². The van der Waals surface area contributed by atoms with Crippen LogP contribution in [-0.2, 0) is 14.3 Å². The van der Waals surface area contributed by atoms with E-state index < -0.39 is 0 Å². The van der Waals surface area contributed by atoms with Gasteiger partial charge in [0.05, 0.1) is 0 Å². The lowest BCUT2D eigenvalue weighted by molar-refractivity contribution is -0.122. The standard InChI is InChI=1S/C20H39NO3.C2H6/c1-17(2)13-16-24-15-10-12-20(23)21-14-9-7-5-6-8-11-19(22)18(3)4;1-2/h17-18H,5-16H2,1-4H3,(H,21,23);1-2H3. The number of hydrogen-bond acceptors (Lipinski definition) is 3. The number of carbonyl (C=O) groups is 2. The first-order chi connectivity index (χ1) is 12.4. The molecule has 0 aliphatic rings. The molecular formula is C22H45NO3. The van der Waals surface area contributed by atoms with E-state index in [4.69, 9.17) is 4.74 Å². The van der Waals surface area contributed by atoms with E-state index in [0.29, 0.717) is 31.1 Å². The van der Waals surface area contributed by atoms with Crippen LogP contribution in [0.2, 0.25) is 0 Å². The fourth-order valence-corrected chi connectivity index (χ4v) is 2.32. The van der Waals surface area contributed by atoms with E-state index >= 15 is 0 Å². The minimum atomic E-state index is 0.130. The molecule has 0 bridgehead atoms. The van der Waals surface area contributed by atoms with Crippen molar-refractivity contribution in [3.8, 4) is 0 Å². The second-order valence-corrected chi connectivity index (χ2v) is 7.39. The zero-order valence-electron chi connectivity index (χ0n) is 18.4. The fraction of sp³-hybridized carbons (Fsp3) is 0.909. The summed E-state index contributed by atoms with van der Waals surface area (Å²) in [5, 5.41) is 2.97. The van der Waals surface area contributed by atoms with E-state index in [1.54, 1.807) is 0 Å². The molecule has 0 aliphatic heterocycles. The van der Waals surface area contributed by atoms with Crippen LogP contribution in [0.5, 0.6) is 0 Å². The predicted molar refractivity (Wildman–Crippen MR) is 111 cm³/mol. The molecule has 26 heavy (non-hydrogen) atoms. The molecule has 0 aromatic rings. The van der Waals surface area contributed by atoms with E-state index in [2.05, 4.69) is 19.2 Å². The van der Waals surface area contributed by atoms with Crippen LogP contribution in [0.4, 0.5) is 0 Å². The molecule has 0 aromatic carbocycles. The molecule has 4 nitrogen and oxygen atoms in total. The van der Waals surface area contributed by atoms with Gasteiger partial charge in [0, 0.05) is 38.5 Å². The van der Waals surface area contributed by atoms with E-state index in [1.807, 2.05) is 27.7 Å². The van der Waals surface area contributed by atoms with Gasteiger partial charge in [-0.15, -0.1) is 0 Å². The molecule has 0 aromatic heterocycles. The van der Waals surface area contributed by atoms with Gasteiger partial charge in [-0.3, -0.25) is 9.59 Å². The van der Waals surface area contributed by atoms with Gasteiger partial charge in [-0.2, -0.15) is 0 Å². The first-order valence-electron chi connectivity index (χ1n) is 10.8. The molecule has 0 aliphatic carbocycles. The topological polar surface area (TPSA) is 55.4 Å². The molecule has 0 saturated heterocycles. The van der Waals surface area contributed by atoms with Crippen LogP contribution < -0.4 is 5.32 Å². The highest BCUT2D eigenvalue weighted by molar-refractivity contribution is 5.80. The Balaban J connectivity index is 0. The Morgan fingerprint density at radius 3 is 2.04 bits per heavy atom. The SMILES string of the molecule is CC.CC(C)CCOCCCC(=O)NCCCCCCCC(=O)C(C)C. The molecule has 0 fully saturated rings. The Bertz CT molecular complexity index is 327. The average Bonchev–Trinajstić information content (AvgIpc) is 2.61. The van der Waals surface area contributed by atoms with Crippen molar-refractivity contribution in [1.82, 2.24) is 5.32 Å². The average molecular weight is 372 g/mol. The van der Waals surface area contributed by atoms with Gasteiger partial charge in [0.2, 0.25) is 5.91 Å². The maximum Gasteiger partial charge on any atom is 0.220 e. The molecule has 0 radical (unpaired) electrons. The van der Waals surface area contributed by atoms with Gasteiger partial charge in [-0.1, -0.05) is 60.8 Å². The van der Waals surface area contributed by atoms with Gasteiger partial charge >= 0.3 is 0 Å². The van der Waals surface area contributed by atoms with Crippen LogP contribution in [0.15, 0.2) is 0 Å². The highest BCUT2D eigenvalue weighted by Crippen LogP contribution is 2.08. The van der Waals surface area contributed by atoms with Crippen LogP contribution in [0.3, 0.4) is 0 Å². The van der Waals surface area contributed by atoms with Crippen LogP contribution in [0.1, 0.15) is 99.3 Å². The summed E-state index contributed by atoms with van der Waals surface area (Å²) in [6, 6.07) is 0. The maximum atomic E-state index is 11.7. The summed E-state index contributed by atoms with van der Waals surface area (Å²) in [5.74, 6) is 1.34. The predicted octanol–water partition coefficient (Wildman–Crippen LogP) is 5.54. The zero-order valence-corrected chi connectivity index (χ0v) is 18.4. The number of hydrogen-bond donors (Lipinski definition) is 1. The van der Waals surface area contributed by atoms with Crippen molar-refractivity contribution in [2.24, 2.45) is 11.8 Å². The molecule has 0 atom stereocenters. The van der Waals surface area contributed by atoms with Crippen molar-refractivity contribution in [2.75, 3.05) is 19.8 Å². The van der Waals surface area contributed by atoms with Crippen molar-refractivity contribution in [1.29, 1.82) is 0 Å². The van der Waals surface area contributed by atoms with E-state index in [9.17, 15) is 9.59 Å². The Morgan fingerprint density at radius 2 is 1.42 bits per heavy atom. The molecule has 0 saturated carbocycles. The second kappa shape index (κ2) is 20.4. The normalized spacial score (nSPS) is 10.6. The number of unbranched alkanes of at least 4 members (excludes halogenated alkanes) is 4. The first-order valence-corrected chi connectivity index (χ1v) is 10.8. The van der Waals surface area contributed by atoms with Gasteiger partial charge in [-0.05, 0) is 31.6 Å². The smallest absolute Gasteiger partial charge is 0.220 e. The lowest BCUT2D eigenvalue weighted by atomic mass is 10.0. The number of rotatable bonds is 16. The Morgan fingerprint density at radius 1 is 0.808 bits per heavy atom. The number of amides is 1. The maximum absolute atomic E-state index is 11.7. The lowest BCUT2D eigenvalue weighted by Crippen LogP contribution is -2.24. The zero-order chi connectivity index (χ0) is 20.2. The molecule has 1 N–H and O–H groups in total. The van der Waals surface area contributed by atoms with Crippen molar-refractivity contribution >= 4 is 11.7 Å². The summed E-state index contributed by atoms with van der Waals surface area (Å²) in [6.07, 6.45) is 8.55. The molecule has 0 unspecified atom stereocenters. The number of nitrogens with one attached hydrogen (secondary N) is 1. The quantitative estimate of drug-likeness (QED) is 0.363. The molecule has 1 amide bonds. The van der Waals surface area contributed by atoms with Gasteiger partial charge < -0.3 is 10.1 Å². The van der Waals surface area contributed by atoms with E-state index in [1.165, 1.54) is 0 Å². The van der Waals surface area contributed by atoms with E-state index in [-0.39, 0.29) is 11.8 Å². The Labute approximate surface area is 162 Å². The summed E-state index contributed by atoms with van der Waals surface area (Å²) in [5.41, 5.74) is 0. The molecule has 0 rings (SSSR count). The third-order valence-corrected chi connectivity index (χ3v) is 4.10. The highest BCUT2D eigenvalue weighted by atomic mass is 16.5. The fourth-order valence-electron chi connectivity index (χ4n) is 2.32. The van der Waals surface area contributed by atoms with Crippen molar-refractivity contribution in [3.63, 3.8) is 0 Å². The van der Waals surface area contributed by atoms with Crippen molar-refractivity contribution in [2.45, 2.75) is 99.3 Å². The van der Waals surface area contributed by atoms with Crippen molar-refractivity contribution < 1.29 is 14.3 Å². The summed E-state index contributed by atoms with van der Waals surface area (Å²) in [4.78, 5) is 23.1. The molecule has 4 heteroatoms. The lowest BCUT2D eigenvalue weighted by Gasteiger charge is -2.07. The molecular weight excluding hydrogens is 326 g/mol. The minimum absolute atomic E-state index is 0.130. The highest BCUT2D eigenvalue weighted by Gasteiger charge is 2.06. The minimum Gasteiger partial charge on any atom is -0.381 e. The monoisotopic (exact) mass is 371 g/mol. The Kier molecular flexibility index (Phi) is 21.4. The summed E-state index contributed by atoms with van der Waals surface area (Å²) in [7, 11) is 0. The van der Waals surface area contributed by atoms with Crippen LogP contribution in [0.25, 0.3) is 0 Å². The van der Waals surface area contributed by atoms with Gasteiger partial charge in [0.15, 0.2) is 0 Å². The van der Waals surface area contributed by atoms with Crippen LogP contribution in [-0.4, -0.2) is 31.4 Å². The number of carbonyl (C=O) groups excluding carboxylic acids is 2. The number of Topliss-reactive ketones (excluding diaryl/α,β-unsaturated/α-hetero) is 1. The summed E-state index contributed by atoms with van der Waals surface area (Å²) in [6.45, 7) is 14.5. The van der Waals surface area contributed by atoms with Gasteiger partial charge in [0.1, 0.15) is 5.78 Å². The third-order valence-electron chi connectivity index (χ3n) is 4.10. The molecule has 0 heterocycles. The summed E-state index contributed by atoms with van der Waals surface area (Å²) < 4.78 is 5.50. The van der Waals surface area contributed by atoms with Gasteiger partial charge in [0.25, 0.3) is 0 Å². The van der Waals surface area contributed by atoms with E-state index in [0.717, 1.165) is 58.1 Å². The van der Waals surface area contributed by atoms with Crippen LogP contribution in [0, 0.1) is 11.8 Å². The van der Waals surface area contributed by atoms with Gasteiger partial charge in [-0.25, -0.2) is 0 Å². The largest absolute Gasteiger partial charge is 0.381 e. The third kappa shape index (κ3) is 21.1. The molecule has 156 valence electrons. The number of ketones is 1. The number of ether oxygens (including phenoxy) is 1. The Hall–Kier alpha value is -0.900. The molecule has 0 spiro atoms. The van der Waals surface area contributed by atoms with Crippen molar-refractivity contribution in [3.05, 3.63) is 0 Å².